The van der Waals surface area contributed by atoms with Crippen molar-refractivity contribution in [3.63, 3.8) is 0 Å². The Hall–Kier alpha value is -2.51. The van der Waals surface area contributed by atoms with Crippen molar-refractivity contribution in [3.8, 4) is 11.4 Å². The molecule has 0 aliphatic heterocycles. The Morgan fingerprint density at radius 2 is 1.95 bits per heavy atom. The van der Waals surface area contributed by atoms with E-state index in [-0.39, 0.29) is 11.4 Å². The highest BCUT2D eigenvalue weighted by molar-refractivity contribution is 5.58. The van der Waals surface area contributed by atoms with Crippen molar-refractivity contribution in [1.29, 1.82) is 0 Å². The molecule has 0 aromatic carbocycles. The second kappa shape index (κ2) is 4.30. The van der Waals surface area contributed by atoms with Gasteiger partial charge in [-0.15, -0.1) is 0 Å². The molecular weight excluding hydrogens is 259 g/mol. The predicted octanol–water partition coefficient (Wildman–Crippen LogP) is 2.26. The number of imidazole rings is 1. The Labute approximate surface area is 104 Å². The largest absolute Gasteiger partial charge is 0.282 e. The molecule has 5 nitrogen and oxygen atoms in total. The highest BCUT2D eigenvalue weighted by Gasteiger charge is 2.14. The minimum atomic E-state index is -2.69. The summed E-state index contributed by atoms with van der Waals surface area (Å²) in [6.07, 6.45) is -0.262. The molecular formula is C11H6F3N5. The summed E-state index contributed by atoms with van der Waals surface area (Å²) in [6, 6.07) is 3.69. The molecule has 96 valence electrons. The SMILES string of the molecule is Fc1cc(-c2cnc3ccc(C(F)F)nn23)ncn1. The quantitative estimate of drug-likeness (QED) is 0.667. The fourth-order valence-electron chi connectivity index (χ4n) is 1.65. The second-order valence-electron chi connectivity index (χ2n) is 3.70. The van der Waals surface area contributed by atoms with Crippen molar-refractivity contribution in [2.75, 3.05) is 0 Å². The molecule has 3 heterocycles. The Morgan fingerprint density at radius 3 is 2.68 bits per heavy atom. The fourth-order valence-corrected chi connectivity index (χ4v) is 1.65. The highest BCUT2D eigenvalue weighted by atomic mass is 19.3. The minimum absolute atomic E-state index is 0.221. The summed E-state index contributed by atoms with van der Waals surface area (Å²) in [5, 5.41) is 3.76. The lowest BCUT2D eigenvalue weighted by Gasteiger charge is -2.02. The van der Waals surface area contributed by atoms with Crippen LogP contribution in [0.25, 0.3) is 17.0 Å². The van der Waals surface area contributed by atoms with Crippen LogP contribution in [0.1, 0.15) is 12.1 Å². The summed E-state index contributed by atoms with van der Waals surface area (Å²) in [5.41, 5.74) is 0.525. The third-order valence-electron chi connectivity index (χ3n) is 2.50. The molecule has 3 aromatic rings. The van der Waals surface area contributed by atoms with E-state index >= 15 is 0 Å². The third-order valence-corrected chi connectivity index (χ3v) is 2.50. The molecule has 3 aromatic heterocycles. The van der Waals surface area contributed by atoms with Crippen LogP contribution in [0.4, 0.5) is 13.2 Å². The first kappa shape index (κ1) is 11.6. The van der Waals surface area contributed by atoms with Crippen LogP contribution in [-0.2, 0) is 0 Å². The van der Waals surface area contributed by atoms with E-state index in [1.54, 1.807) is 0 Å². The Morgan fingerprint density at radius 1 is 1.11 bits per heavy atom. The molecule has 0 atom stereocenters. The van der Waals surface area contributed by atoms with Crippen LogP contribution in [0.3, 0.4) is 0 Å². The molecule has 0 aliphatic rings. The van der Waals surface area contributed by atoms with Gasteiger partial charge in [0.05, 0.1) is 11.9 Å². The number of hydrogen-bond donors (Lipinski definition) is 0. The number of aromatic nitrogens is 5. The maximum absolute atomic E-state index is 13.0. The van der Waals surface area contributed by atoms with Crippen LogP contribution in [0.2, 0.25) is 0 Å². The summed E-state index contributed by atoms with van der Waals surface area (Å²) in [6.45, 7) is 0. The van der Waals surface area contributed by atoms with Crippen LogP contribution < -0.4 is 0 Å². The van der Waals surface area contributed by atoms with Crippen LogP contribution in [-0.4, -0.2) is 24.6 Å². The molecule has 0 saturated heterocycles. The van der Waals surface area contributed by atoms with Crippen LogP contribution in [0.5, 0.6) is 0 Å². The Bertz CT molecular complexity index is 740. The monoisotopic (exact) mass is 265 g/mol. The molecule has 0 amide bonds. The van der Waals surface area contributed by atoms with E-state index in [4.69, 9.17) is 0 Å². The molecule has 3 rings (SSSR count). The molecule has 0 N–H and O–H groups in total. The lowest BCUT2D eigenvalue weighted by atomic mass is 10.3. The molecule has 8 heteroatoms. The maximum atomic E-state index is 13.0. The average molecular weight is 265 g/mol. The second-order valence-corrected chi connectivity index (χ2v) is 3.70. The summed E-state index contributed by atoms with van der Waals surface area (Å²) >= 11 is 0. The third kappa shape index (κ3) is 2.01. The number of nitrogens with zero attached hydrogens (tertiary/aromatic N) is 5. The van der Waals surface area contributed by atoms with E-state index in [9.17, 15) is 13.2 Å². The fraction of sp³-hybridized carbons (Fsp3) is 0.0909. The van der Waals surface area contributed by atoms with Gasteiger partial charge in [0, 0.05) is 6.07 Å². The Kier molecular flexibility index (Phi) is 2.62. The van der Waals surface area contributed by atoms with Crippen molar-refractivity contribution in [1.82, 2.24) is 24.6 Å². The van der Waals surface area contributed by atoms with Crippen molar-refractivity contribution in [2.45, 2.75) is 6.43 Å². The molecule has 0 bridgehead atoms. The topological polar surface area (TPSA) is 56.0 Å². The van der Waals surface area contributed by atoms with Gasteiger partial charge in [0.15, 0.2) is 5.65 Å². The van der Waals surface area contributed by atoms with Crippen molar-refractivity contribution < 1.29 is 13.2 Å². The standard InChI is InChI=1S/C11H6F3N5/c12-9-3-7(16-5-17-9)8-4-15-10-2-1-6(11(13)14)18-19(8)10/h1-5,11H. The van der Waals surface area contributed by atoms with Gasteiger partial charge in [-0.3, -0.25) is 0 Å². The van der Waals surface area contributed by atoms with Gasteiger partial charge in [-0.25, -0.2) is 28.2 Å². The number of alkyl halides is 2. The average Bonchev–Trinajstić information content (AvgIpc) is 2.81. The first-order valence-electron chi connectivity index (χ1n) is 5.26. The van der Waals surface area contributed by atoms with E-state index in [1.807, 2.05) is 0 Å². The van der Waals surface area contributed by atoms with Crippen molar-refractivity contribution in [2.24, 2.45) is 0 Å². The van der Waals surface area contributed by atoms with E-state index in [1.165, 1.54) is 22.8 Å². The van der Waals surface area contributed by atoms with Gasteiger partial charge in [-0.2, -0.15) is 9.49 Å². The van der Waals surface area contributed by atoms with E-state index in [0.29, 0.717) is 11.3 Å². The first-order valence-corrected chi connectivity index (χ1v) is 5.26. The molecule has 0 spiro atoms. The maximum Gasteiger partial charge on any atom is 0.282 e. The summed E-state index contributed by atoms with van der Waals surface area (Å²) in [7, 11) is 0. The summed E-state index contributed by atoms with van der Waals surface area (Å²) in [5.74, 6) is -0.718. The minimum Gasteiger partial charge on any atom is -0.235 e. The summed E-state index contributed by atoms with van der Waals surface area (Å²) < 4.78 is 39.5. The van der Waals surface area contributed by atoms with Gasteiger partial charge in [-0.1, -0.05) is 0 Å². The number of halogens is 3. The normalized spacial score (nSPS) is 11.4. The number of rotatable bonds is 2. The van der Waals surface area contributed by atoms with Crippen LogP contribution >= 0.6 is 0 Å². The van der Waals surface area contributed by atoms with Gasteiger partial charge in [0.1, 0.15) is 17.7 Å². The smallest absolute Gasteiger partial charge is 0.235 e. The molecule has 0 aliphatic carbocycles. The van der Waals surface area contributed by atoms with Crippen LogP contribution in [0, 0.1) is 5.95 Å². The molecule has 0 unspecified atom stereocenters. The molecule has 0 fully saturated rings. The van der Waals surface area contributed by atoms with Gasteiger partial charge >= 0.3 is 0 Å². The van der Waals surface area contributed by atoms with E-state index in [0.717, 1.165) is 12.4 Å². The van der Waals surface area contributed by atoms with Crippen molar-refractivity contribution in [3.05, 3.63) is 42.4 Å². The predicted molar refractivity (Wildman–Crippen MR) is 58.9 cm³/mol. The zero-order chi connectivity index (χ0) is 13.4. The lowest BCUT2D eigenvalue weighted by Crippen LogP contribution is -2.01. The van der Waals surface area contributed by atoms with Gasteiger partial charge in [0.25, 0.3) is 6.43 Å². The van der Waals surface area contributed by atoms with Gasteiger partial charge in [0.2, 0.25) is 5.95 Å². The zero-order valence-corrected chi connectivity index (χ0v) is 9.33. The Balaban J connectivity index is 2.21. The first-order chi connectivity index (χ1) is 9.15. The number of hydrogen-bond acceptors (Lipinski definition) is 4. The van der Waals surface area contributed by atoms with Gasteiger partial charge < -0.3 is 0 Å². The summed E-state index contributed by atoms with van der Waals surface area (Å²) in [4.78, 5) is 11.2. The molecule has 19 heavy (non-hydrogen) atoms. The van der Waals surface area contributed by atoms with E-state index < -0.39 is 12.4 Å². The molecule has 0 saturated carbocycles. The van der Waals surface area contributed by atoms with Crippen molar-refractivity contribution >= 4 is 5.65 Å². The lowest BCUT2D eigenvalue weighted by molar-refractivity contribution is 0.144. The highest BCUT2D eigenvalue weighted by Crippen LogP contribution is 2.21. The van der Waals surface area contributed by atoms with Gasteiger partial charge in [-0.05, 0) is 12.1 Å². The zero-order valence-electron chi connectivity index (χ0n) is 9.33. The molecule has 0 radical (unpaired) electrons. The van der Waals surface area contributed by atoms with E-state index in [2.05, 4.69) is 20.1 Å². The van der Waals surface area contributed by atoms with Crippen LogP contribution in [0.15, 0.2) is 30.7 Å². The number of fused-ring (bicyclic) bond motifs is 1.